The number of halogens is 1. The van der Waals surface area contributed by atoms with Gasteiger partial charge in [-0.1, -0.05) is 60.7 Å². The van der Waals surface area contributed by atoms with Crippen LogP contribution in [0.1, 0.15) is 108 Å². The van der Waals surface area contributed by atoms with Crippen LogP contribution in [-0.4, -0.2) is 162 Å². The van der Waals surface area contributed by atoms with Gasteiger partial charge in [0.2, 0.25) is 29.9 Å². The smallest absolute Gasteiger partial charge is 0.407 e. The molecular formula is C70H75FN10O19. The standard InChI is InChI=1S/C70H75FN10O19/c1-5-70(94)44-27-50-57-42(32-81(50)65(89)43(44)34-97-68(70)92)56-46(20-19-39-35(2)45(71)28-47(75-57)55(39)56)76-69(93)98-33-36-18-21-51(99-67-62(87)60(85)61(86)63(100-67)66(90)91)38(26-36)29-73-64(88)48(30-72-52(82)22-23-96-25-24-95-4)74-53(83)16-10-11-17-54(84)80-31-37-12-6-7-13-40(37)59-58(77-78-79(59)3)41-14-8-9-15-49(41)80/h6-9,12-15,18,21,26-28,46,48,60-63,67,85-87,94H,5,10-11,16-17,19-20,22-25,29-34H2,1-4H3,(H,72,82)(H,73,88)(H,74,83)(H,76,93)(H,90,91)/t46?,48?,60?,61?,62?,63?,67?,70-/m0/s1. The highest BCUT2D eigenvalue weighted by Crippen LogP contribution is 2.47. The molecule has 0 radical (unpaired) electrons. The average molecular weight is 1380 g/mol. The number of nitrogens with one attached hydrogen (secondary N) is 4. The maximum atomic E-state index is 15.7. The second-order valence-electron chi connectivity index (χ2n) is 25.2. The topological polar surface area (TPSA) is 393 Å². The summed E-state index contributed by atoms with van der Waals surface area (Å²) in [6, 6.07) is 19.9. The monoisotopic (exact) mass is 1380 g/mol. The first kappa shape index (κ1) is 69.8. The zero-order valence-corrected chi connectivity index (χ0v) is 55.1. The number of anilines is 1. The summed E-state index contributed by atoms with van der Waals surface area (Å²) in [5, 5.41) is 73.9. The number of hydrogen-bond acceptors (Lipinski definition) is 21. The number of aliphatic hydroxyl groups is 4. The SMILES string of the molecule is CC[C@@]1(O)C(=O)OCc2c1cc1n(c2=O)Cc2c-1nc1cc(F)c(C)c3c1c2C(NC(=O)OCc1ccc(OC2OC(C(=O)O)C(O)C(O)C2O)c(CNC(=O)C(CNC(=O)CCOCCOC)NC(=O)CCCCC(=O)N2Cc4ccccc4-c4c(nnn4C)-c4ccccc42)c1)CC3. The summed E-state index contributed by atoms with van der Waals surface area (Å²) in [6.45, 7) is 2.29. The van der Waals surface area contributed by atoms with Gasteiger partial charge in [0.25, 0.3) is 5.56 Å². The number of nitrogens with zero attached hydrogens (tertiary/aromatic N) is 6. The lowest BCUT2D eigenvalue weighted by Crippen LogP contribution is -2.61. The van der Waals surface area contributed by atoms with E-state index in [4.69, 9.17) is 33.4 Å². The summed E-state index contributed by atoms with van der Waals surface area (Å²) >= 11 is 0. The van der Waals surface area contributed by atoms with Crippen molar-refractivity contribution >= 4 is 58.3 Å². The number of hydrogen-bond donors (Lipinski definition) is 9. The van der Waals surface area contributed by atoms with Crippen LogP contribution in [0.4, 0.5) is 14.9 Å². The molecule has 8 atom stereocenters. The molecular weight excluding hydrogens is 1300 g/mol. The van der Waals surface area contributed by atoms with E-state index in [1.807, 2.05) is 55.6 Å². The number of carbonyl (C=O) groups is 7. The Morgan fingerprint density at radius 3 is 2.40 bits per heavy atom. The number of carbonyl (C=O) groups excluding carboxylic acids is 6. The highest BCUT2D eigenvalue weighted by molar-refractivity contribution is 6.00. The van der Waals surface area contributed by atoms with Gasteiger partial charge in [-0.05, 0) is 91.1 Å². The Labute approximate surface area is 570 Å². The fraction of sp³-hybridized carbons (Fsp3) is 0.414. The summed E-state index contributed by atoms with van der Waals surface area (Å²) < 4.78 is 51.8. The zero-order valence-electron chi connectivity index (χ0n) is 55.1. The first-order valence-electron chi connectivity index (χ1n) is 32.8. The van der Waals surface area contributed by atoms with Crippen molar-refractivity contribution in [1.29, 1.82) is 0 Å². The largest absolute Gasteiger partial charge is 0.479 e. The first-order valence-corrected chi connectivity index (χ1v) is 32.8. The number of carboxylic acids is 1. The van der Waals surface area contributed by atoms with E-state index < -0.39 is 115 Å². The molecule has 1 aliphatic carbocycles. The number of benzene rings is 4. The molecule has 3 aromatic heterocycles. The van der Waals surface area contributed by atoms with Gasteiger partial charge in [-0.25, -0.2) is 28.4 Å². The highest BCUT2D eigenvalue weighted by atomic mass is 19.1. The van der Waals surface area contributed by atoms with Crippen molar-refractivity contribution in [3.63, 3.8) is 0 Å². The lowest BCUT2D eigenvalue weighted by atomic mass is 9.81. The fourth-order valence-electron chi connectivity index (χ4n) is 13.6. The number of alkyl carbamates (subject to hydrolysis) is 1. The molecule has 526 valence electrons. The Morgan fingerprint density at radius 2 is 1.62 bits per heavy atom. The molecule has 5 amide bonds. The van der Waals surface area contributed by atoms with Crippen molar-refractivity contribution in [2.75, 3.05) is 38.4 Å². The summed E-state index contributed by atoms with van der Waals surface area (Å²) in [6.07, 6.45) is -10.2. The van der Waals surface area contributed by atoms with Crippen LogP contribution in [0.3, 0.4) is 0 Å². The van der Waals surface area contributed by atoms with Crippen molar-refractivity contribution in [2.24, 2.45) is 7.05 Å². The van der Waals surface area contributed by atoms with Crippen molar-refractivity contribution in [3.8, 4) is 39.7 Å². The lowest BCUT2D eigenvalue weighted by molar-refractivity contribution is -0.271. The Morgan fingerprint density at radius 1 is 0.850 bits per heavy atom. The van der Waals surface area contributed by atoms with E-state index in [1.54, 1.807) is 23.4 Å². The molecule has 12 rings (SSSR count). The molecule has 0 bridgehead atoms. The van der Waals surface area contributed by atoms with Crippen LogP contribution in [0, 0.1) is 12.7 Å². The molecule has 100 heavy (non-hydrogen) atoms. The molecule has 4 aliphatic heterocycles. The zero-order chi connectivity index (χ0) is 70.8. The normalized spacial score (nSPS) is 20.4. The van der Waals surface area contributed by atoms with Crippen molar-refractivity contribution in [1.82, 2.24) is 45.8 Å². The molecule has 7 aromatic rings. The molecule has 30 heteroatoms. The minimum absolute atomic E-state index is 0.0169. The molecule has 9 N–H and O–H groups in total. The van der Waals surface area contributed by atoms with Gasteiger partial charge in [0.1, 0.15) is 54.8 Å². The van der Waals surface area contributed by atoms with Crippen LogP contribution in [0.2, 0.25) is 0 Å². The summed E-state index contributed by atoms with van der Waals surface area (Å²) in [4.78, 5) is 116. The van der Waals surface area contributed by atoms with Crippen molar-refractivity contribution in [2.45, 2.75) is 146 Å². The molecule has 7 heterocycles. The van der Waals surface area contributed by atoms with E-state index in [-0.39, 0.29) is 135 Å². The van der Waals surface area contributed by atoms with E-state index in [2.05, 4.69) is 31.6 Å². The lowest BCUT2D eigenvalue weighted by Gasteiger charge is -2.38. The van der Waals surface area contributed by atoms with E-state index in [0.29, 0.717) is 45.4 Å². The number of unbranched alkanes of at least 4 members (excludes halogenated alkanes) is 1. The van der Waals surface area contributed by atoms with Gasteiger partial charge >= 0.3 is 18.0 Å². The molecule has 0 saturated carbocycles. The minimum atomic E-state index is -2.12. The van der Waals surface area contributed by atoms with Crippen LogP contribution in [0.5, 0.6) is 5.75 Å². The Hall–Kier alpha value is -10.1. The van der Waals surface area contributed by atoms with Crippen molar-refractivity contribution < 1.29 is 91.9 Å². The third-order valence-corrected chi connectivity index (χ3v) is 19.0. The molecule has 4 aromatic carbocycles. The highest BCUT2D eigenvalue weighted by Gasteiger charge is 2.49. The molecule has 7 unspecified atom stereocenters. The van der Waals surface area contributed by atoms with Crippen LogP contribution in [-0.2, 0) is 104 Å². The molecule has 29 nitrogen and oxygen atoms in total. The van der Waals surface area contributed by atoms with Gasteiger partial charge < -0.3 is 84.7 Å². The van der Waals surface area contributed by atoms with Crippen LogP contribution in [0.25, 0.3) is 44.8 Å². The first-order chi connectivity index (χ1) is 48.1. The van der Waals surface area contributed by atoms with Crippen LogP contribution < -0.4 is 36.5 Å². The van der Waals surface area contributed by atoms with Crippen molar-refractivity contribution in [3.05, 3.63) is 145 Å². The number of esters is 1. The predicted molar refractivity (Wildman–Crippen MR) is 351 cm³/mol. The molecule has 1 fully saturated rings. The molecule has 1 saturated heterocycles. The maximum Gasteiger partial charge on any atom is 0.407 e. The number of amides is 5. The van der Waals surface area contributed by atoms with Gasteiger partial charge in [0.05, 0.1) is 72.8 Å². The third kappa shape index (κ3) is 13.7. The number of aromatic nitrogens is 5. The van der Waals surface area contributed by atoms with Gasteiger partial charge in [-0.15, -0.1) is 5.10 Å². The minimum Gasteiger partial charge on any atom is -0.479 e. The van der Waals surface area contributed by atoms with Crippen LogP contribution in [0.15, 0.2) is 83.7 Å². The van der Waals surface area contributed by atoms with Gasteiger partial charge in [0.15, 0.2) is 11.7 Å². The number of aryl methyl sites for hydroxylation is 2. The van der Waals surface area contributed by atoms with E-state index in [1.165, 1.54) is 42.0 Å². The number of aliphatic hydroxyl groups excluding tert-OH is 3. The quantitative estimate of drug-likeness (QED) is 0.0308. The van der Waals surface area contributed by atoms with E-state index in [0.717, 1.165) is 22.4 Å². The predicted octanol–water partition coefficient (Wildman–Crippen LogP) is 3.55. The molecule has 5 aliphatic rings. The van der Waals surface area contributed by atoms with E-state index >= 15 is 4.39 Å². The summed E-state index contributed by atoms with van der Waals surface area (Å²) in [5.74, 6) is -5.41. The second kappa shape index (κ2) is 29.4. The number of pyridine rings is 2. The Kier molecular flexibility index (Phi) is 20.5. The van der Waals surface area contributed by atoms with Crippen LogP contribution >= 0.6 is 0 Å². The number of methoxy groups -OCH3 is 1. The number of rotatable bonds is 24. The fourth-order valence-corrected chi connectivity index (χ4v) is 13.6. The summed E-state index contributed by atoms with van der Waals surface area (Å²) in [7, 11) is 3.31. The number of fused-ring (bicyclic) bond motifs is 10. The number of ether oxygens (including phenoxy) is 6. The van der Waals surface area contributed by atoms with E-state index in [9.17, 15) is 63.9 Å². The average Bonchev–Trinajstić information content (AvgIpc) is 1.47. The van der Waals surface area contributed by atoms with Gasteiger partial charge in [-0.2, -0.15) is 0 Å². The maximum absolute atomic E-state index is 15.7. The number of cyclic esters (lactones) is 1. The number of para-hydroxylation sites is 1. The van der Waals surface area contributed by atoms with Gasteiger partial charge in [-0.3, -0.25) is 24.0 Å². The third-order valence-electron chi connectivity index (χ3n) is 19.0. The Bertz CT molecular complexity index is 4470. The number of carboxylic acid groups (broad SMARTS) is 1. The second-order valence-corrected chi connectivity index (χ2v) is 25.2. The summed E-state index contributed by atoms with van der Waals surface area (Å²) in [5.41, 5.74) is 5.39. The molecule has 0 spiro atoms. The van der Waals surface area contributed by atoms with Gasteiger partial charge in [0, 0.05) is 85.8 Å². The Balaban J connectivity index is 0.759. The number of aliphatic carboxylic acids is 1.